The van der Waals surface area contributed by atoms with E-state index in [1.807, 2.05) is 4.90 Å². The highest BCUT2D eigenvalue weighted by atomic mass is 33.1. The van der Waals surface area contributed by atoms with Crippen LogP contribution in [0.25, 0.3) is 0 Å². The number of phenolic OH excluding ortho intramolecular Hbond substituents is 1. The van der Waals surface area contributed by atoms with E-state index >= 15 is 4.79 Å². The first-order valence-electron chi connectivity index (χ1n) is 29.9. The quantitative estimate of drug-likeness (QED) is 0.130. The van der Waals surface area contributed by atoms with Crippen LogP contribution >= 0.6 is 21.6 Å². The number of aliphatic hydroxyl groups excluding tert-OH is 1. The number of carbonyl (C=O) groups excluding carboxylic acids is 2. The maximum Gasteiger partial charge on any atom is 0.303 e. The Morgan fingerprint density at radius 1 is 0.907 bits per heavy atom. The minimum Gasteiger partial charge on any atom is -0.504 e. The highest BCUT2D eigenvalue weighted by Crippen LogP contribution is 2.68. The number of aromatic hydroxyl groups is 1. The molecule has 6 spiro atoms. The smallest absolute Gasteiger partial charge is 0.303 e. The lowest BCUT2D eigenvalue weighted by Gasteiger charge is -2.45. The normalized spacial score (nSPS) is 41.1. The van der Waals surface area contributed by atoms with Gasteiger partial charge in [-0.1, -0.05) is 77.1 Å². The maximum absolute atomic E-state index is 15.3. The van der Waals surface area contributed by atoms with E-state index in [-0.39, 0.29) is 57.8 Å². The van der Waals surface area contributed by atoms with Gasteiger partial charge >= 0.3 is 5.97 Å². The third-order valence-corrected chi connectivity index (χ3v) is 26.5. The second kappa shape index (κ2) is 19.4. The lowest BCUT2D eigenvalue weighted by molar-refractivity contribution is -0.169. The minimum absolute atomic E-state index is 0.0812. The van der Waals surface area contributed by atoms with Crippen molar-refractivity contribution in [3.63, 3.8) is 0 Å². The second-order valence-corrected chi connectivity index (χ2v) is 29.5. The van der Waals surface area contributed by atoms with Crippen molar-refractivity contribution in [2.45, 2.75) is 227 Å². The van der Waals surface area contributed by atoms with Crippen LogP contribution in [-0.2, 0) is 27.3 Å². The number of aryl methyl sites for hydroxylation is 1. The number of ether oxygens (including phenoxy) is 2. The summed E-state index contributed by atoms with van der Waals surface area (Å²) >= 11 is 0. The third-order valence-electron chi connectivity index (χ3n) is 23.0. The molecule has 0 aromatic heterocycles. The topological polar surface area (TPSA) is 147 Å². The predicted molar refractivity (Wildman–Crippen MR) is 298 cm³/mol. The van der Waals surface area contributed by atoms with E-state index < -0.39 is 22.5 Å². The molecular weight excluding hydrogens is 973 g/mol. The summed E-state index contributed by atoms with van der Waals surface area (Å²) in [7, 11) is 4.18. The van der Waals surface area contributed by atoms with Gasteiger partial charge in [0.15, 0.2) is 17.5 Å². The monoisotopic (exact) mass is 1060 g/mol. The van der Waals surface area contributed by atoms with Crippen molar-refractivity contribution in [1.82, 2.24) is 10.2 Å². The van der Waals surface area contributed by atoms with Gasteiger partial charge in [-0.25, -0.2) is 0 Å². The maximum atomic E-state index is 15.3. The molecule has 0 unspecified atom stereocenters. The molecule has 404 valence electrons. The fraction of sp³-hybridized carbons (Fsp3) is 0.730. The molecule has 2 aromatic rings. The molecule has 15 rings (SSSR count). The van der Waals surface area contributed by atoms with Gasteiger partial charge in [-0.3, -0.25) is 14.6 Å². The van der Waals surface area contributed by atoms with Crippen LogP contribution in [0.15, 0.2) is 41.4 Å². The van der Waals surface area contributed by atoms with E-state index in [0.29, 0.717) is 67.7 Å². The number of guanidine groups is 1. The molecule has 12 atom stereocenters. The molecule has 6 heterocycles. The van der Waals surface area contributed by atoms with E-state index in [1.54, 1.807) is 0 Å². The Morgan fingerprint density at radius 3 is 2.59 bits per heavy atom. The van der Waals surface area contributed by atoms with E-state index in [4.69, 9.17) is 20.2 Å². The molecule has 12 heteroatoms. The van der Waals surface area contributed by atoms with Crippen LogP contribution in [0.1, 0.15) is 214 Å². The van der Waals surface area contributed by atoms with Gasteiger partial charge in [-0.2, -0.15) is 0 Å². The number of nitrogens with zero attached hydrogens (tertiary/aromatic N) is 2. The van der Waals surface area contributed by atoms with Crippen molar-refractivity contribution in [2.75, 3.05) is 18.8 Å². The standard InChI is InChI=1S/C63H84N4O6S2/c1-42(68)72-60-30-17-45(51(69)36-60)14-8-23-57(21-5-6-22-57)41-74-75-63-27-10-25-58(63)28-16-43(35-58)11-7-24-59(39-65-56(64)66-63)29-20-50(44-12-3-2-4-13-44)61(59)37-52(70)67(40-61)38-48-33-46(18-31-60)53-47-19-32-62(73-55(53)54(48)71)26-9-15-49(62)34-47/h2-4,12-13,33,43,45,47,49-51,69,71H,5-6,8-11,14-23,25-32,34-41H2,1H3,(H3,64,65,66)/t43-,45-,47+,49+,50-,51+,58+,59+,60+,61+,62-,63+/m0/s1. The van der Waals surface area contributed by atoms with Crippen molar-refractivity contribution in [1.29, 1.82) is 0 Å². The number of aliphatic imine (C=N–C) groups is 1. The third kappa shape index (κ3) is 8.65. The number of nitrogens with two attached hydrogens (primary N) is 1. The summed E-state index contributed by atoms with van der Waals surface area (Å²) in [5, 5.41) is 29.0. The number of benzene rings is 2. The Morgan fingerprint density at radius 2 is 1.75 bits per heavy atom. The zero-order chi connectivity index (χ0) is 51.3. The van der Waals surface area contributed by atoms with Crippen LogP contribution < -0.4 is 15.8 Å². The Bertz CT molecular complexity index is 2650. The average Bonchev–Trinajstić information content (AvgIpc) is 4.28. The first kappa shape index (κ1) is 50.9. The first-order valence-corrected chi connectivity index (χ1v) is 32.3. The van der Waals surface area contributed by atoms with Crippen molar-refractivity contribution in [3.05, 3.63) is 58.7 Å². The molecule has 2 aromatic carbocycles. The van der Waals surface area contributed by atoms with Gasteiger partial charge in [0.1, 0.15) is 16.1 Å². The molecule has 13 aliphatic rings. The van der Waals surface area contributed by atoms with Gasteiger partial charge in [-0.15, -0.1) is 5.92 Å². The molecule has 1 saturated heterocycles. The summed E-state index contributed by atoms with van der Waals surface area (Å²) in [4.78, 5) is 35.6. The second-order valence-electron chi connectivity index (χ2n) is 26.9. The van der Waals surface area contributed by atoms with Crippen LogP contribution in [0.4, 0.5) is 0 Å². The highest BCUT2D eigenvalue weighted by molar-refractivity contribution is 8.77. The number of rotatable bonds is 2. The van der Waals surface area contributed by atoms with Gasteiger partial charge in [0.05, 0.1) is 18.1 Å². The number of hydrogen-bond acceptors (Lipinski definition) is 11. The Labute approximate surface area is 454 Å². The van der Waals surface area contributed by atoms with E-state index in [9.17, 15) is 15.0 Å². The fourth-order valence-corrected chi connectivity index (χ4v) is 23.4. The van der Waals surface area contributed by atoms with Gasteiger partial charge < -0.3 is 35.6 Å². The number of aliphatic hydroxyl groups is 1. The van der Waals surface area contributed by atoms with E-state index in [0.717, 1.165) is 119 Å². The number of hydrogen-bond donors (Lipinski definition) is 4. The Kier molecular flexibility index (Phi) is 13.2. The van der Waals surface area contributed by atoms with Gasteiger partial charge in [-0.05, 0) is 193 Å². The SMILES string of the molecule is CC(=O)O[C@@]12CCc3cc(c(O)c4c3[C@@H]3CC[C@]5(CCC[C@@H]5C3)O4)CN3C[C@]4(CC3=O)[C@H](c3ccccc3)CC[C@@]43C#CC[C@H]4CC[C@]5(CCC[C@@]5(NC(N)=NC3)SSCC3(CCCC3)CCC[C@@H](CC1)[C@H](O)C2)C4. The Hall–Kier alpha value is -3.53. The number of amides is 1. The van der Waals surface area contributed by atoms with Crippen LogP contribution in [0.5, 0.6) is 11.5 Å². The number of carbonyl (C=O) groups is 2. The predicted octanol–water partition coefficient (Wildman–Crippen LogP) is 12.4. The number of phenols is 1. The zero-order valence-corrected chi connectivity index (χ0v) is 46.5. The number of nitrogens with one attached hydrogen (secondary N) is 1. The fourth-order valence-electron chi connectivity index (χ4n) is 19.2. The minimum atomic E-state index is -0.789. The highest BCUT2D eigenvalue weighted by Gasteiger charge is 2.65. The molecular formula is C63H84N4O6S2. The summed E-state index contributed by atoms with van der Waals surface area (Å²) in [6.45, 7) is 2.71. The Balaban J connectivity index is 0.923. The summed E-state index contributed by atoms with van der Waals surface area (Å²) in [6, 6.07) is 13.0. The molecule has 12 bridgehead atoms. The van der Waals surface area contributed by atoms with Crippen LogP contribution in [0, 0.1) is 51.3 Å². The van der Waals surface area contributed by atoms with Crippen molar-refractivity contribution >= 4 is 39.4 Å². The lowest BCUT2D eigenvalue weighted by Crippen LogP contribution is -2.56. The van der Waals surface area contributed by atoms with E-state index in [2.05, 4.69) is 75.1 Å². The largest absolute Gasteiger partial charge is 0.504 e. The van der Waals surface area contributed by atoms with Crippen LogP contribution in [0.3, 0.4) is 0 Å². The van der Waals surface area contributed by atoms with Gasteiger partial charge in [0, 0.05) is 67.0 Å². The van der Waals surface area contributed by atoms with Gasteiger partial charge in [0.25, 0.3) is 0 Å². The molecule has 7 aliphatic carbocycles. The molecule has 0 radical (unpaired) electrons. The average molecular weight is 1060 g/mol. The molecule has 75 heavy (non-hydrogen) atoms. The molecule has 10 nitrogen and oxygen atoms in total. The van der Waals surface area contributed by atoms with Crippen LogP contribution in [-0.4, -0.2) is 74.0 Å². The van der Waals surface area contributed by atoms with Crippen LogP contribution in [0.2, 0.25) is 0 Å². The number of esters is 1. The molecule has 6 aliphatic heterocycles. The molecule has 5 N–H and O–H groups in total. The van der Waals surface area contributed by atoms with Crippen molar-refractivity contribution in [2.24, 2.45) is 50.1 Å². The van der Waals surface area contributed by atoms with Crippen molar-refractivity contribution in [3.8, 4) is 23.3 Å². The van der Waals surface area contributed by atoms with E-state index in [1.165, 1.54) is 70.3 Å². The summed E-state index contributed by atoms with van der Waals surface area (Å²) in [5.74, 6) is 11.6. The summed E-state index contributed by atoms with van der Waals surface area (Å²) in [6.07, 6.45) is 27.3. The summed E-state index contributed by atoms with van der Waals surface area (Å²) < 4.78 is 13.7. The molecule has 7 saturated carbocycles. The summed E-state index contributed by atoms with van der Waals surface area (Å²) in [5.41, 5.74) is 9.72. The zero-order valence-electron chi connectivity index (χ0n) is 44.9. The first-order chi connectivity index (χ1) is 36.3. The molecule has 8 fully saturated rings. The number of fused-ring (bicyclic) bond motifs is 9. The lowest BCUT2D eigenvalue weighted by atomic mass is 9.60. The molecule has 1 amide bonds. The van der Waals surface area contributed by atoms with Crippen molar-refractivity contribution < 1.29 is 29.3 Å². The van der Waals surface area contributed by atoms with Gasteiger partial charge in [0.2, 0.25) is 5.91 Å².